The van der Waals surface area contributed by atoms with Crippen molar-refractivity contribution in [2.75, 3.05) is 40.0 Å². The zero-order valence-corrected chi connectivity index (χ0v) is 12.3. The van der Waals surface area contributed by atoms with Crippen LogP contribution in [0.1, 0.15) is 44.9 Å². The van der Waals surface area contributed by atoms with Gasteiger partial charge in [-0.3, -0.25) is 0 Å². The van der Waals surface area contributed by atoms with Gasteiger partial charge in [0.25, 0.3) is 0 Å². The maximum Gasteiger partial charge on any atom is 0.0774 e. The van der Waals surface area contributed by atoms with Crippen LogP contribution in [-0.2, 0) is 9.47 Å². The van der Waals surface area contributed by atoms with Gasteiger partial charge in [-0.05, 0) is 25.7 Å². The number of ether oxygens (including phenoxy) is 2. The number of hydrogen-bond donors (Lipinski definition) is 1. The van der Waals surface area contributed by atoms with Crippen LogP contribution < -0.4 is 0 Å². The zero-order valence-electron chi connectivity index (χ0n) is 12.3. The fourth-order valence-corrected chi connectivity index (χ4v) is 3.32. The summed E-state index contributed by atoms with van der Waals surface area (Å²) in [4.78, 5) is 2.42. The van der Waals surface area contributed by atoms with Crippen molar-refractivity contribution in [3.8, 4) is 0 Å². The maximum atomic E-state index is 10.6. The van der Waals surface area contributed by atoms with Crippen molar-refractivity contribution in [3.05, 3.63) is 0 Å². The van der Waals surface area contributed by atoms with Gasteiger partial charge in [0.05, 0.1) is 24.9 Å². The van der Waals surface area contributed by atoms with Crippen LogP contribution in [0.2, 0.25) is 0 Å². The predicted octanol–water partition coefficient (Wildman–Crippen LogP) is 1.81. The predicted molar refractivity (Wildman–Crippen MR) is 75.3 cm³/mol. The van der Waals surface area contributed by atoms with E-state index in [1.807, 2.05) is 0 Å². The average Bonchev–Trinajstić information content (AvgIpc) is 2.41. The molecule has 19 heavy (non-hydrogen) atoms. The molecule has 0 spiro atoms. The Morgan fingerprint density at radius 1 is 1.11 bits per heavy atom. The Morgan fingerprint density at radius 3 is 2.42 bits per heavy atom. The molecule has 1 aliphatic heterocycles. The second-order valence-corrected chi connectivity index (χ2v) is 6.12. The van der Waals surface area contributed by atoms with Gasteiger partial charge in [-0.2, -0.15) is 0 Å². The minimum atomic E-state index is -0.415. The first-order chi connectivity index (χ1) is 9.22. The normalized spacial score (nSPS) is 25.6. The van der Waals surface area contributed by atoms with Crippen molar-refractivity contribution in [2.45, 2.75) is 56.7 Å². The highest BCUT2D eigenvalue weighted by molar-refractivity contribution is 4.87. The maximum absolute atomic E-state index is 10.6. The first-order valence-electron chi connectivity index (χ1n) is 7.77. The second kappa shape index (κ2) is 7.58. The fraction of sp³-hybridized carbons (Fsp3) is 1.00. The molecule has 2 aliphatic rings. The van der Waals surface area contributed by atoms with E-state index in [9.17, 15) is 5.11 Å². The molecule has 2 fully saturated rings. The lowest BCUT2D eigenvalue weighted by molar-refractivity contribution is -0.0530. The lowest BCUT2D eigenvalue weighted by Crippen LogP contribution is -2.48. The summed E-state index contributed by atoms with van der Waals surface area (Å²) in [5.41, 5.74) is -0.415. The average molecular weight is 271 g/mol. The van der Waals surface area contributed by atoms with E-state index in [2.05, 4.69) is 4.90 Å². The van der Waals surface area contributed by atoms with Crippen LogP contribution in [-0.4, -0.2) is 61.7 Å². The summed E-state index contributed by atoms with van der Waals surface area (Å²) >= 11 is 0. The van der Waals surface area contributed by atoms with Crippen LogP contribution in [0.3, 0.4) is 0 Å². The van der Waals surface area contributed by atoms with E-state index in [0.29, 0.717) is 19.3 Å². The summed E-state index contributed by atoms with van der Waals surface area (Å²) < 4.78 is 10.8. The number of likely N-dealkylation sites (tertiary alicyclic amines) is 1. The molecule has 1 heterocycles. The number of hydrogen-bond acceptors (Lipinski definition) is 4. The van der Waals surface area contributed by atoms with Crippen molar-refractivity contribution >= 4 is 0 Å². The van der Waals surface area contributed by atoms with E-state index in [4.69, 9.17) is 9.47 Å². The molecule has 0 aromatic carbocycles. The smallest absolute Gasteiger partial charge is 0.0774 e. The lowest BCUT2D eigenvalue weighted by atomic mass is 9.84. The Bertz CT molecular complexity index is 246. The third kappa shape index (κ3) is 5.03. The number of piperidine rings is 1. The van der Waals surface area contributed by atoms with E-state index in [1.165, 1.54) is 19.3 Å². The Hall–Kier alpha value is -0.160. The Balaban J connectivity index is 1.65. The van der Waals surface area contributed by atoms with Gasteiger partial charge in [-0.1, -0.05) is 19.3 Å². The molecule has 1 aliphatic carbocycles. The number of rotatable bonds is 6. The van der Waals surface area contributed by atoms with E-state index < -0.39 is 5.60 Å². The SMILES string of the molecule is COCCOC1CCN(CC2(O)CCCCC2)CC1. The topological polar surface area (TPSA) is 41.9 Å². The summed E-state index contributed by atoms with van der Waals surface area (Å²) in [5, 5.41) is 10.6. The summed E-state index contributed by atoms with van der Waals surface area (Å²) in [6.07, 6.45) is 8.18. The van der Waals surface area contributed by atoms with Crippen molar-refractivity contribution in [3.63, 3.8) is 0 Å². The van der Waals surface area contributed by atoms with Crippen LogP contribution in [0.25, 0.3) is 0 Å². The summed E-state index contributed by atoms with van der Waals surface area (Å²) in [6.45, 7) is 4.35. The van der Waals surface area contributed by atoms with Crippen LogP contribution in [0.5, 0.6) is 0 Å². The summed E-state index contributed by atoms with van der Waals surface area (Å²) in [5.74, 6) is 0. The lowest BCUT2D eigenvalue weighted by Gasteiger charge is -2.39. The first-order valence-corrected chi connectivity index (χ1v) is 7.77. The molecule has 0 unspecified atom stereocenters. The van der Waals surface area contributed by atoms with Crippen molar-refractivity contribution in [1.82, 2.24) is 4.90 Å². The standard InChI is InChI=1S/C15H29NO3/c1-18-11-12-19-14-5-9-16(10-6-14)13-15(17)7-3-2-4-8-15/h14,17H,2-13H2,1H3. The van der Waals surface area contributed by atoms with E-state index in [0.717, 1.165) is 45.3 Å². The van der Waals surface area contributed by atoms with Crippen LogP contribution in [0.15, 0.2) is 0 Å². The van der Waals surface area contributed by atoms with Crippen molar-refractivity contribution in [1.29, 1.82) is 0 Å². The molecule has 0 bridgehead atoms. The largest absolute Gasteiger partial charge is 0.389 e. The molecule has 0 atom stereocenters. The first kappa shape index (κ1) is 15.2. The van der Waals surface area contributed by atoms with Crippen LogP contribution >= 0.6 is 0 Å². The molecule has 2 rings (SSSR count). The van der Waals surface area contributed by atoms with Gasteiger partial charge < -0.3 is 19.5 Å². The summed E-state index contributed by atoms with van der Waals surface area (Å²) in [6, 6.07) is 0. The minimum Gasteiger partial charge on any atom is -0.389 e. The van der Waals surface area contributed by atoms with E-state index in [-0.39, 0.29) is 0 Å². The zero-order chi connectivity index (χ0) is 13.6. The number of aliphatic hydroxyl groups is 1. The Labute approximate surface area is 117 Å². The molecule has 1 saturated carbocycles. The van der Waals surface area contributed by atoms with Crippen LogP contribution in [0.4, 0.5) is 0 Å². The summed E-state index contributed by atoms with van der Waals surface area (Å²) in [7, 11) is 1.71. The minimum absolute atomic E-state index is 0.382. The van der Waals surface area contributed by atoms with Gasteiger partial charge in [0.2, 0.25) is 0 Å². The molecule has 4 heteroatoms. The van der Waals surface area contributed by atoms with Crippen molar-refractivity contribution < 1.29 is 14.6 Å². The van der Waals surface area contributed by atoms with Crippen LogP contribution in [0, 0.1) is 0 Å². The highest BCUT2D eigenvalue weighted by Crippen LogP contribution is 2.29. The number of methoxy groups -OCH3 is 1. The molecule has 4 nitrogen and oxygen atoms in total. The third-order valence-electron chi connectivity index (χ3n) is 4.48. The third-order valence-corrected chi connectivity index (χ3v) is 4.48. The number of nitrogens with zero attached hydrogens (tertiary/aromatic N) is 1. The van der Waals surface area contributed by atoms with E-state index >= 15 is 0 Å². The van der Waals surface area contributed by atoms with Crippen molar-refractivity contribution in [2.24, 2.45) is 0 Å². The number of β-amino-alcohol motifs (C(OH)–C–C–N with tert-alkyl or cyclic N) is 1. The molecule has 0 radical (unpaired) electrons. The Morgan fingerprint density at radius 2 is 1.79 bits per heavy atom. The molecular weight excluding hydrogens is 242 g/mol. The van der Waals surface area contributed by atoms with Gasteiger partial charge in [0, 0.05) is 26.7 Å². The van der Waals surface area contributed by atoms with Gasteiger partial charge >= 0.3 is 0 Å². The molecule has 0 amide bonds. The highest BCUT2D eigenvalue weighted by atomic mass is 16.5. The molecule has 0 aromatic heterocycles. The van der Waals surface area contributed by atoms with Gasteiger partial charge in [0.1, 0.15) is 0 Å². The van der Waals surface area contributed by atoms with Gasteiger partial charge in [0.15, 0.2) is 0 Å². The molecule has 112 valence electrons. The van der Waals surface area contributed by atoms with E-state index in [1.54, 1.807) is 7.11 Å². The van der Waals surface area contributed by atoms with Gasteiger partial charge in [-0.15, -0.1) is 0 Å². The highest BCUT2D eigenvalue weighted by Gasteiger charge is 2.32. The quantitative estimate of drug-likeness (QED) is 0.748. The molecule has 0 aromatic rings. The second-order valence-electron chi connectivity index (χ2n) is 6.12. The molecule has 1 N–H and O–H groups in total. The Kier molecular flexibility index (Phi) is 6.07. The molecular formula is C15H29NO3. The monoisotopic (exact) mass is 271 g/mol. The molecule has 1 saturated heterocycles. The van der Waals surface area contributed by atoms with Gasteiger partial charge in [-0.25, -0.2) is 0 Å². The fourth-order valence-electron chi connectivity index (χ4n) is 3.32.